The Morgan fingerprint density at radius 2 is 2.37 bits per heavy atom. The summed E-state index contributed by atoms with van der Waals surface area (Å²) < 4.78 is 5.05. The average Bonchev–Trinajstić information content (AvgIpc) is 2.44. The van der Waals surface area contributed by atoms with E-state index in [0.717, 1.165) is 25.1 Å². The first-order valence-corrected chi connectivity index (χ1v) is 6.91. The Balaban J connectivity index is 1.82. The highest BCUT2D eigenvalue weighted by molar-refractivity contribution is 5.82. The highest BCUT2D eigenvalue weighted by Crippen LogP contribution is 2.50. The monoisotopic (exact) mass is 260 g/mol. The number of pyridine rings is 1. The topological polar surface area (TPSA) is 42.4 Å². The Morgan fingerprint density at radius 1 is 1.53 bits per heavy atom. The molecule has 0 N–H and O–H groups in total. The lowest BCUT2D eigenvalue weighted by Crippen LogP contribution is -2.73. The smallest absolute Gasteiger partial charge is 0.326 e. The molecule has 2 aliphatic rings. The Morgan fingerprint density at radius 3 is 3.05 bits per heavy atom. The zero-order valence-corrected chi connectivity index (χ0v) is 11.5. The Labute approximate surface area is 113 Å². The van der Waals surface area contributed by atoms with Crippen molar-refractivity contribution in [2.45, 2.75) is 44.3 Å². The fourth-order valence-electron chi connectivity index (χ4n) is 3.81. The molecule has 0 spiro atoms. The minimum atomic E-state index is -0.394. The number of carbonyl (C=O) groups excluding carboxylic acids is 1. The van der Waals surface area contributed by atoms with Gasteiger partial charge in [0.2, 0.25) is 0 Å². The minimum Gasteiger partial charge on any atom is -0.468 e. The molecule has 1 aliphatic carbocycles. The molecular weight excluding hydrogens is 240 g/mol. The van der Waals surface area contributed by atoms with Crippen LogP contribution in [0.1, 0.15) is 31.9 Å². The lowest BCUT2D eigenvalue weighted by molar-refractivity contribution is -0.190. The van der Waals surface area contributed by atoms with Crippen molar-refractivity contribution in [3.8, 4) is 0 Å². The third-order valence-corrected chi connectivity index (χ3v) is 4.55. The summed E-state index contributed by atoms with van der Waals surface area (Å²) in [6, 6.07) is 6.43. The van der Waals surface area contributed by atoms with Crippen LogP contribution in [0.15, 0.2) is 24.4 Å². The van der Waals surface area contributed by atoms with Crippen LogP contribution in [-0.4, -0.2) is 34.5 Å². The molecule has 1 aromatic rings. The second-order valence-electron chi connectivity index (χ2n) is 5.88. The Bertz CT molecular complexity index is 476. The van der Waals surface area contributed by atoms with Crippen molar-refractivity contribution in [2.24, 2.45) is 5.92 Å². The first-order chi connectivity index (χ1) is 9.15. The summed E-state index contributed by atoms with van der Waals surface area (Å²) in [5.41, 5.74) is 0.629. The van der Waals surface area contributed by atoms with Crippen LogP contribution in [0.25, 0.3) is 0 Å². The first kappa shape index (κ1) is 12.6. The van der Waals surface area contributed by atoms with E-state index in [9.17, 15) is 4.79 Å². The van der Waals surface area contributed by atoms with Crippen LogP contribution in [0.2, 0.25) is 0 Å². The van der Waals surface area contributed by atoms with Crippen molar-refractivity contribution in [3.05, 3.63) is 30.1 Å². The molecule has 2 bridgehead atoms. The molecular formula is C15H20N2O2. The first-order valence-electron chi connectivity index (χ1n) is 6.91. The molecule has 0 amide bonds. The highest BCUT2D eigenvalue weighted by Gasteiger charge is 2.61. The summed E-state index contributed by atoms with van der Waals surface area (Å²) in [7, 11) is 1.49. The maximum Gasteiger partial charge on any atom is 0.326 e. The molecule has 3 unspecified atom stereocenters. The molecule has 2 heterocycles. The van der Waals surface area contributed by atoms with E-state index < -0.39 is 5.54 Å². The van der Waals surface area contributed by atoms with Gasteiger partial charge in [0, 0.05) is 18.8 Å². The molecule has 19 heavy (non-hydrogen) atoms. The van der Waals surface area contributed by atoms with Gasteiger partial charge in [-0.3, -0.25) is 14.7 Å². The van der Waals surface area contributed by atoms with Crippen molar-refractivity contribution in [2.75, 3.05) is 7.11 Å². The maximum absolute atomic E-state index is 12.2. The number of hydrogen-bond donors (Lipinski definition) is 0. The van der Waals surface area contributed by atoms with Crippen LogP contribution in [0, 0.1) is 5.92 Å². The van der Waals surface area contributed by atoms with Gasteiger partial charge in [-0.2, -0.15) is 0 Å². The van der Waals surface area contributed by atoms with Gasteiger partial charge in [-0.25, -0.2) is 0 Å². The predicted octanol–water partition coefficient (Wildman–Crippen LogP) is 2.00. The minimum absolute atomic E-state index is 0.0776. The molecule has 102 valence electrons. The largest absolute Gasteiger partial charge is 0.468 e. The molecule has 1 saturated heterocycles. The normalized spacial score (nSPS) is 33.6. The second-order valence-corrected chi connectivity index (χ2v) is 5.88. The second kappa shape index (κ2) is 4.60. The fraction of sp³-hybridized carbons (Fsp3) is 0.600. The van der Waals surface area contributed by atoms with Gasteiger partial charge in [0.25, 0.3) is 0 Å². The SMILES string of the molecule is COC(=O)C12CC(C)CC(C1)N2Cc1ccccn1. The van der Waals surface area contributed by atoms with Gasteiger partial charge < -0.3 is 4.74 Å². The van der Waals surface area contributed by atoms with Crippen molar-refractivity contribution < 1.29 is 9.53 Å². The van der Waals surface area contributed by atoms with E-state index in [1.54, 1.807) is 6.20 Å². The van der Waals surface area contributed by atoms with Crippen molar-refractivity contribution in [1.82, 2.24) is 9.88 Å². The molecule has 4 nitrogen and oxygen atoms in total. The third kappa shape index (κ3) is 1.94. The van der Waals surface area contributed by atoms with Gasteiger partial charge >= 0.3 is 5.97 Å². The third-order valence-electron chi connectivity index (χ3n) is 4.55. The molecule has 4 heteroatoms. The van der Waals surface area contributed by atoms with Crippen LogP contribution in [0.5, 0.6) is 0 Å². The molecule has 1 aliphatic heterocycles. The van der Waals surface area contributed by atoms with E-state index in [-0.39, 0.29) is 5.97 Å². The van der Waals surface area contributed by atoms with E-state index in [4.69, 9.17) is 4.74 Å². The van der Waals surface area contributed by atoms with E-state index in [1.807, 2.05) is 18.2 Å². The lowest BCUT2D eigenvalue weighted by Gasteiger charge is -2.61. The number of hydrogen-bond acceptors (Lipinski definition) is 4. The van der Waals surface area contributed by atoms with Crippen LogP contribution in [-0.2, 0) is 16.1 Å². The van der Waals surface area contributed by atoms with Gasteiger partial charge in [-0.05, 0) is 37.3 Å². The Kier molecular flexibility index (Phi) is 3.05. The van der Waals surface area contributed by atoms with Crippen molar-refractivity contribution in [3.63, 3.8) is 0 Å². The molecule has 0 aromatic carbocycles. The quantitative estimate of drug-likeness (QED) is 0.780. The molecule has 3 atom stereocenters. The molecule has 1 aromatic heterocycles. The molecule has 2 fully saturated rings. The summed E-state index contributed by atoms with van der Waals surface area (Å²) in [6.07, 6.45) is 4.82. The number of rotatable bonds is 3. The molecule has 3 rings (SSSR count). The number of nitrogens with zero attached hydrogens (tertiary/aromatic N) is 2. The van der Waals surface area contributed by atoms with E-state index in [2.05, 4.69) is 16.8 Å². The van der Waals surface area contributed by atoms with Gasteiger partial charge in [0.1, 0.15) is 5.54 Å². The van der Waals surface area contributed by atoms with E-state index in [1.165, 1.54) is 13.5 Å². The maximum atomic E-state index is 12.2. The number of methoxy groups -OCH3 is 1. The number of fused-ring (bicyclic) bond motifs is 2. The number of likely N-dealkylation sites (tertiary alicyclic amines) is 1. The van der Waals surface area contributed by atoms with Gasteiger partial charge in [0.05, 0.1) is 12.8 Å². The van der Waals surface area contributed by atoms with E-state index >= 15 is 0 Å². The lowest BCUT2D eigenvalue weighted by atomic mass is 9.64. The summed E-state index contributed by atoms with van der Waals surface area (Å²) in [5, 5.41) is 0. The van der Waals surface area contributed by atoms with Gasteiger partial charge in [-0.15, -0.1) is 0 Å². The number of esters is 1. The number of piperidine rings is 1. The summed E-state index contributed by atoms with van der Waals surface area (Å²) >= 11 is 0. The number of ether oxygens (including phenoxy) is 1. The molecule has 0 radical (unpaired) electrons. The average molecular weight is 260 g/mol. The summed E-state index contributed by atoms with van der Waals surface area (Å²) in [4.78, 5) is 18.9. The fourth-order valence-corrected chi connectivity index (χ4v) is 3.81. The molecule has 1 saturated carbocycles. The van der Waals surface area contributed by atoms with Gasteiger partial charge in [-0.1, -0.05) is 13.0 Å². The standard InChI is InChI=1S/C15H20N2O2/c1-11-7-13-9-15(8-11,14(18)19-2)17(13)10-12-5-3-4-6-16-12/h3-6,11,13H,7-10H2,1-2H3. The number of aromatic nitrogens is 1. The number of carbonyl (C=O) groups is 1. The predicted molar refractivity (Wildman–Crippen MR) is 71.3 cm³/mol. The van der Waals surface area contributed by atoms with Crippen molar-refractivity contribution in [1.29, 1.82) is 0 Å². The zero-order valence-electron chi connectivity index (χ0n) is 11.5. The summed E-state index contributed by atoms with van der Waals surface area (Å²) in [5.74, 6) is 0.518. The Hall–Kier alpha value is -1.42. The van der Waals surface area contributed by atoms with E-state index in [0.29, 0.717) is 12.0 Å². The van der Waals surface area contributed by atoms with Gasteiger partial charge in [0.15, 0.2) is 0 Å². The highest BCUT2D eigenvalue weighted by atomic mass is 16.5. The van der Waals surface area contributed by atoms with Crippen LogP contribution < -0.4 is 0 Å². The van der Waals surface area contributed by atoms with Crippen molar-refractivity contribution >= 4 is 5.97 Å². The van der Waals surface area contributed by atoms with Crippen LogP contribution >= 0.6 is 0 Å². The van der Waals surface area contributed by atoms with Crippen LogP contribution in [0.3, 0.4) is 0 Å². The summed E-state index contributed by atoms with van der Waals surface area (Å²) in [6.45, 7) is 2.97. The van der Waals surface area contributed by atoms with Crippen LogP contribution in [0.4, 0.5) is 0 Å². The zero-order chi connectivity index (χ0) is 13.5.